The number of ether oxygens (including phenoxy) is 2. The first-order valence-electron chi connectivity index (χ1n) is 12.2. The number of hydrogen-bond donors (Lipinski definition) is 1. The monoisotopic (exact) mass is 606 g/mol. The van der Waals surface area contributed by atoms with E-state index in [-0.39, 0.29) is 23.0 Å². The Hall–Kier alpha value is -2.18. The Kier molecular flexibility index (Phi) is 9.27. The minimum absolute atomic E-state index is 0.0587. The van der Waals surface area contributed by atoms with Crippen LogP contribution >= 0.6 is 11.3 Å². The van der Waals surface area contributed by atoms with Crippen molar-refractivity contribution in [1.82, 2.24) is 18.4 Å². The molecule has 39 heavy (non-hydrogen) atoms. The summed E-state index contributed by atoms with van der Waals surface area (Å²) in [6.45, 7) is -0.365. The number of amides is 1. The van der Waals surface area contributed by atoms with Crippen LogP contribution in [0.15, 0.2) is 34.5 Å². The number of benzene rings is 1. The van der Waals surface area contributed by atoms with Crippen LogP contribution in [0.1, 0.15) is 19.3 Å². The van der Waals surface area contributed by atoms with Crippen LogP contribution in [0.4, 0.5) is 4.39 Å². The Bertz CT molecular complexity index is 1390. The number of sulfonamides is 1. The summed E-state index contributed by atoms with van der Waals surface area (Å²) in [5.41, 5.74) is 2.73. The van der Waals surface area contributed by atoms with Gasteiger partial charge in [0, 0.05) is 51.6 Å². The van der Waals surface area contributed by atoms with Gasteiger partial charge in [-0.1, -0.05) is 0 Å². The maximum atomic E-state index is 14.2. The van der Waals surface area contributed by atoms with Crippen molar-refractivity contribution >= 4 is 37.5 Å². The van der Waals surface area contributed by atoms with E-state index in [0.29, 0.717) is 23.5 Å². The second-order valence-electron chi connectivity index (χ2n) is 9.13. The van der Waals surface area contributed by atoms with Crippen molar-refractivity contribution in [2.75, 3.05) is 47.4 Å². The highest BCUT2D eigenvalue weighted by Gasteiger charge is 2.44. The van der Waals surface area contributed by atoms with Crippen molar-refractivity contribution < 1.29 is 40.3 Å². The number of nitrogens with zero attached hydrogens (tertiary/aromatic N) is 3. The number of nitrogens with one attached hydrogen (secondary N) is 1. The third-order valence-corrected chi connectivity index (χ3v) is 11.8. The molecule has 0 radical (unpaired) electrons. The normalized spacial score (nSPS) is 21.7. The van der Waals surface area contributed by atoms with E-state index in [1.54, 1.807) is 12.1 Å². The molecule has 216 valence electrons. The molecule has 1 amide bonds. The molecule has 1 aromatic carbocycles. The van der Waals surface area contributed by atoms with E-state index >= 15 is 0 Å². The number of halogens is 1. The fraction of sp³-hybridized carbons (Fsp3) is 0.522. The fourth-order valence-corrected chi connectivity index (χ4v) is 8.33. The summed E-state index contributed by atoms with van der Waals surface area (Å²) in [7, 11) is -4.12. The van der Waals surface area contributed by atoms with Gasteiger partial charge in [-0.15, -0.1) is 11.3 Å². The van der Waals surface area contributed by atoms with E-state index in [1.807, 2.05) is 0 Å². The van der Waals surface area contributed by atoms with Crippen molar-refractivity contribution in [2.24, 2.45) is 0 Å². The van der Waals surface area contributed by atoms with Gasteiger partial charge in [0.15, 0.2) is 17.9 Å². The first-order valence-corrected chi connectivity index (χ1v) is 15.8. The van der Waals surface area contributed by atoms with Gasteiger partial charge in [-0.05, 0) is 48.7 Å². The third-order valence-electron chi connectivity index (χ3n) is 6.39. The molecule has 0 saturated carbocycles. The van der Waals surface area contributed by atoms with Crippen LogP contribution in [0.25, 0.3) is 10.4 Å². The number of piperazine rings is 1. The molecule has 1 aromatic heterocycles. The maximum absolute atomic E-state index is 14.2. The molecule has 2 fully saturated rings. The second kappa shape index (κ2) is 12.1. The topological polar surface area (TPSA) is 135 Å². The van der Waals surface area contributed by atoms with Gasteiger partial charge < -0.3 is 9.47 Å². The zero-order chi connectivity index (χ0) is 28.4. The predicted molar refractivity (Wildman–Crippen MR) is 141 cm³/mol. The summed E-state index contributed by atoms with van der Waals surface area (Å²) in [5.74, 6) is -1.35. The molecule has 0 aliphatic carbocycles. The standard InChI is InChI=1S/C23H31FN4O8S3/c1-26(2)39(32,33)27-11-12-28(18(15-27)23(29)25-36-21-6-4-5-13-35-21)38(30,31)22-10-9-20(37-22)16-7-8-19(34-3)17(24)14-16/h7-10,14,18,21H,4-6,11-13,15H2,1-3H3,(H,25,29)/t18-,21?/m1/s1. The van der Waals surface area contributed by atoms with Gasteiger partial charge in [0.2, 0.25) is 0 Å². The molecule has 2 saturated heterocycles. The molecule has 0 bridgehead atoms. The molecule has 2 aromatic rings. The summed E-state index contributed by atoms with van der Waals surface area (Å²) >= 11 is 0.910. The molecule has 1 unspecified atom stereocenters. The van der Waals surface area contributed by atoms with Gasteiger partial charge in [0.05, 0.1) is 7.11 Å². The van der Waals surface area contributed by atoms with Crippen molar-refractivity contribution in [2.45, 2.75) is 35.8 Å². The molecule has 12 nitrogen and oxygen atoms in total. The minimum atomic E-state index is -4.25. The maximum Gasteiger partial charge on any atom is 0.281 e. The van der Waals surface area contributed by atoms with Gasteiger partial charge in [0.25, 0.3) is 26.1 Å². The van der Waals surface area contributed by atoms with Gasteiger partial charge in [-0.25, -0.2) is 23.1 Å². The number of hydrogen-bond acceptors (Lipinski definition) is 9. The Morgan fingerprint density at radius 1 is 1.15 bits per heavy atom. The molecule has 16 heteroatoms. The van der Waals surface area contributed by atoms with E-state index < -0.39 is 50.8 Å². The zero-order valence-corrected chi connectivity index (χ0v) is 24.2. The van der Waals surface area contributed by atoms with Crippen molar-refractivity contribution in [1.29, 1.82) is 0 Å². The molecule has 0 spiro atoms. The van der Waals surface area contributed by atoms with Gasteiger partial charge >= 0.3 is 0 Å². The lowest BCUT2D eigenvalue weighted by atomic mass is 10.2. The number of hydroxylamine groups is 1. The highest BCUT2D eigenvalue weighted by Crippen LogP contribution is 2.35. The van der Waals surface area contributed by atoms with Crippen molar-refractivity contribution in [3.8, 4) is 16.2 Å². The van der Waals surface area contributed by atoms with Gasteiger partial charge in [-0.2, -0.15) is 21.3 Å². The van der Waals surface area contributed by atoms with Crippen molar-refractivity contribution in [3.05, 3.63) is 36.1 Å². The summed E-state index contributed by atoms with van der Waals surface area (Å²) in [6.07, 6.45) is 1.59. The Morgan fingerprint density at radius 2 is 1.92 bits per heavy atom. The quantitative estimate of drug-likeness (QED) is 0.426. The number of carbonyl (C=O) groups excluding carboxylic acids is 1. The molecule has 2 atom stereocenters. The van der Waals surface area contributed by atoms with E-state index in [1.165, 1.54) is 39.4 Å². The van der Waals surface area contributed by atoms with Crippen LogP contribution < -0.4 is 10.2 Å². The Balaban J connectivity index is 1.60. The second-order valence-corrected chi connectivity index (χ2v) is 14.5. The predicted octanol–water partition coefficient (Wildman–Crippen LogP) is 1.62. The highest BCUT2D eigenvalue weighted by molar-refractivity contribution is 7.91. The third kappa shape index (κ3) is 6.43. The van der Waals surface area contributed by atoms with Crippen LogP contribution in [-0.2, 0) is 34.6 Å². The van der Waals surface area contributed by atoms with E-state index in [0.717, 1.165) is 37.1 Å². The van der Waals surface area contributed by atoms with Crippen LogP contribution in [0.5, 0.6) is 5.75 Å². The minimum Gasteiger partial charge on any atom is -0.494 e. The average molecular weight is 607 g/mol. The van der Waals surface area contributed by atoms with E-state index in [4.69, 9.17) is 14.3 Å². The average Bonchev–Trinajstić information content (AvgIpc) is 3.43. The highest BCUT2D eigenvalue weighted by atomic mass is 32.2. The molecule has 1 N–H and O–H groups in total. The molecule has 2 aliphatic rings. The fourth-order valence-electron chi connectivity index (χ4n) is 4.23. The number of carbonyl (C=O) groups is 1. The van der Waals surface area contributed by atoms with Crippen LogP contribution in [0, 0.1) is 5.82 Å². The lowest BCUT2D eigenvalue weighted by Crippen LogP contribution is -2.62. The lowest BCUT2D eigenvalue weighted by Gasteiger charge is -2.39. The Morgan fingerprint density at radius 3 is 2.56 bits per heavy atom. The summed E-state index contributed by atoms with van der Waals surface area (Å²) in [6, 6.07) is 5.81. The summed E-state index contributed by atoms with van der Waals surface area (Å²) < 4.78 is 80.6. The van der Waals surface area contributed by atoms with Gasteiger partial charge in [0.1, 0.15) is 10.3 Å². The van der Waals surface area contributed by atoms with Gasteiger partial charge in [-0.3, -0.25) is 4.79 Å². The van der Waals surface area contributed by atoms with E-state index in [9.17, 15) is 26.0 Å². The zero-order valence-electron chi connectivity index (χ0n) is 21.7. The molecule has 2 aliphatic heterocycles. The lowest BCUT2D eigenvalue weighted by molar-refractivity contribution is -0.202. The van der Waals surface area contributed by atoms with E-state index in [2.05, 4.69) is 5.48 Å². The Labute approximate surface area is 231 Å². The molecular weight excluding hydrogens is 575 g/mol. The number of rotatable bonds is 9. The first-order chi connectivity index (χ1) is 18.4. The van der Waals surface area contributed by atoms with Crippen LogP contribution in [0.2, 0.25) is 0 Å². The SMILES string of the molecule is COc1ccc(-c2ccc(S(=O)(=O)N3CCN(S(=O)(=O)N(C)C)C[C@@H]3C(=O)NOC3CCCCO3)s2)cc1F. The first kappa shape index (κ1) is 29.8. The molecular formula is C23H31FN4O8S3. The van der Waals surface area contributed by atoms with Crippen LogP contribution in [0.3, 0.4) is 0 Å². The smallest absolute Gasteiger partial charge is 0.281 e. The number of thiophene rings is 1. The molecule has 4 rings (SSSR count). The molecule has 3 heterocycles. The summed E-state index contributed by atoms with van der Waals surface area (Å²) in [5, 5.41) is 0. The largest absolute Gasteiger partial charge is 0.494 e. The van der Waals surface area contributed by atoms with Crippen molar-refractivity contribution in [3.63, 3.8) is 0 Å². The van der Waals surface area contributed by atoms with Crippen LogP contribution in [-0.4, -0.2) is 95.4 Å². The number of methoxy groups -OCH3 is 1. The summed E-state index contributed by atoms with van der Waals surface area (Å²) in [4.78, 5) is 19.1.